The lowest BCUT2D eigenvalue weighted by Gasteiger charge is -2.25. The van der Waals surface area contributed by atoms with Crippen molar-refractivity contribution in [3.63, 3.8) is 0 Å². The van der Waals surface area contributed by atoms with Gasteiger partial charge in [0.05, 0.1) is 6.61 Å². The quantitative estimate of drug-likeness (QED) is 0.517. The van der Waals surface area contributed by atoms with Gasteiger partial charge in [0.15, 0.2) is 6.29 Å². The Bertz CT molecular complexity index is 156. The van der Waals surface area contributed by atoms with Crippen molar-refractivity contribution >= 4 is 11.8 Å². The number of rotatable bonds is 6. The van der Waals surface area contributed by atoms with Crippen molar-refractivity contribution < 1.29 is 9.47 Å². The Balaban J connectivity index is 1.96. The van der Waals surface area contributed by atoms with E-state index in [1.807, 2.05) is 6.92 Å². The summed E-state index contributed by atoms with van der Waals surface area (Å²) < 4.78 is 10.5. The molecule has 1 saturated carbocycles. The van der Waals surface area contributed by atoms with Crippen LogP contribution in [0.2, 0.25) is 0 Å². The molecule has 0 aromatic heterocycles. The van der Waals surface area contributed by atoms with Gasteiger partial charge in [-0.1, -0.05) is 6.92 Å². The summed E-state index contributed by atoms with van der Waals surface area (Å²) >= 11 is 2.07. The maximum absolute atomic E-state index is 5.46. The normalized spacial score (nSPS) is 29.0. The van der Waals surface area contributed by atoms with Crippen LogP contribution < -0.4 is 0 Å². The van der Waals surface area contributed by atoms with Gasteiger partial charge in [0, 0.05) is 18.1 Å². The largest absolute Gasteiger partial charge is 0.356 e. The molecule has 3 heteroatoms. The zero-order valence-electron chi connectivity index (χ0n) is 10.2. The average molecular weight is 232 g/mol. The van der Waals surface area contributed by atoms with E-state index in [9.17, 15) is 0 Å². The smallest absolute Gasteiger partial charge is 0.154 e. The lowest BCUT2D eigenvalue weighted by Crippen LogP contribution is -2.17. The molecule has 0 aromatic carbocycles. The monoisotopic (exact) mass is 232 g/mol. The number of ether oxygens (including phenoxy) is 2. The van der Waals surface area contributed by atoms with Gasteiger partial charge >= 0.3 is 0 Å². The fraction of sp³-hybridized carbons (Fsp3) is 1.00. The molecule has 1 fully saturated rings. The summed E-state index contributed by atoms with van der Waals surface area (Å²) in [6.45, 7) is 5.11. The van der Waals surface area contributed by atoms with Gasteiger partial charge in [-0.3, -0.25) is 0 Å². The molecule has 2 nitrogen and oxygen atoms in total. The second-order valence-corrected chi connectivity index (χ2v) is 5.84. The molecule has 0 radical (unpaired) electrons. The second kappa shape index (κ2) is 7.53. The van der Waals surface area contributed by atoms with Gasteiger partial charge in [0.2, 0.25) is 0 Å². The van der Waals surface area contributed by atoms with Crippen LogP contribution in [0.1, 0.15) is 39.5 Å². The third-order valence-corrected chi connectivity index (χ3v) is 4.43. The van der Waals surface area contributed by atoms with Crippen LogP contribution in [0.25, 0.3) is 0 Å². The second-order valence-electron chi connectivity index (χ2n) is 4.43. The van der Waals surface area contributed by atoms with Gasteiger partial charge < -0.3 is 9.47 Å². The zero-order valence-corrected chi connectivity index (χ0v) is 11.0. The highest BCUT2D eigenvalue weighted by Gasteiger charge is 2.18. The first-order chi connectivity index (χ1) is 7.22. The molecular weight excluding hydrogens is 208 g/mol. The number of hydrogen-bond acceptors (Lipinski definition) is 3. The highest BCUT2D eigenvalue weighted by Crippen LogP contribution is 2.31. The molecule has 1 aliphatic rings. The Morgan fingerprint density at radius 1 is 1.27 bits per heavy atom. The molecule has 15 heavy (non-hydrogen) atoms. The summed E-state index contributed by atoms with van der Waals surface area (Å²) in [6, 6.07) is 0. The van der Waals surface area contributed by atoms with Gasteiger partial charge in [-0.15, -0.1) is 0 Å². The van der Waals surface area contributed by atoms with E-state index in [2.05, 4.69) is 18.7 Å². The van der Waals surface area contributed by atoms with Crippen molar-refractivity contribution in [1.82, 2.24) is 0 Å². The van der Waals surface area contributed by atoms with Crippen molar-refractivity contribution in [2.45, 2.75) is 51.1 Å². The van der Waals surface area contributed by atoms with Crippen molar-refractivity contribution in [2.75, 3.05) is 19.5 Å². The van der Waals surface area contributed by atoms with Gasteiger partial charge in [-0.2, -0.15) is 11.8 Å². The van der Waals surface area contributed by atoms with E-state index in [4.69, 9.17) is 9.47 Å². The Kier molecular flexibility index (Phi) is 6.69. The van der Waals surface area contributed by atoms with E-state index in [-0.39, 0.29) is 6.29 Å². The summed E-state index contributed by atoms with van der Waals surface area (Å²) in [4.78, 5) is 0. The highest BCUT2D eigenvalue weighted by molar-refractivity contribution is 7.99. The summed E-state index contributed by atoms with van der Waals surface area (Å²) in [5, 5.41) is 0.877. The predicted octanol–water partition coefficient (Wildman–Crippen LogP) is 3.31. The van der Waals surface area contributed by atoms with Gasteiger partial charge in [0.1, 0.15) is 0 Å². The van der Waals surface area contributed by atoms with Crippen LogP contribution >= 0.6 is 11.8 Å². The molecule has 0 spiro atoms. The molecular formula is C12H24O2S. The molecule has 1 atom stereocenters. The molecule has 90 valence electrons. The summed E-state index contributed by atoms with van der Waals surface area (Å²) in [5.74, 6) is 2.05. The number of hydrogen-bond donors (Lipinski definition) is 0. The maximum atomic E-state index is 5.46. The van der Waals surface area contributed by atoms with Crippen LogP contribution in [-0.4, -0.2) is 31.0 Å². The zero-order chi connectivity index (χ0) is 11.1. The first-order valence-electron chi connectivity index (χ1n) is 5.98. The van der Waals surface area contributed by atoms with E-state index >= 15 is 0 Å². The molecule has 0 aromatic rings. The van der Waals surface area contributed by atoms with E-state index in [1.54, 1.807) is 7.11 Å². The first kappa shape index (κ1) is 13.3. The van der Waals surface area contributed by atoms with E-state index in [0.717, 1.165) is 23.5 Å². The molecule has 1 unspecified atom stereocenters. The summed E-state index contributed by atoms with van der Waals surface area (Å²) in [7, 11) is 1.68. The van der Waals surface area contributed by atoms with Gasteiger partial charge in [0.25, 0.3) is 0 Å². The van der Waals surface area contributed by atoms with E-state index in [0.29, 0.717) is 0 Å². The van der Waals surface area contributed by atoms with Crippen LogP contribution in [0.5, 0.6) is 0 Å². The van der Waals surface area contributed by atoms with Crippen LogP contribution in [0.3, 0.4) is 0 Å². The maximum Gasteiger partial charge on any atom is 0.154 e. The first-order valence-corrected chi connectivity index (χ1v) is 7.03. The molecule has 0 amide bonds. The minimum Gasteiger partial charge on any atom is -0.356 e. The minimum absolute atomic E-state index is 0.0584. The van der Waals surface area contributed by atoms with Crippen molar-refractivity contribution in [1.29, 1.82) is 0 Å². The topological polar surface area (TPSA) is 18.5 Å². The van der Waals surface area contributed by atoms with E-state index < -0.39 is 0 Å². The van der Waals surface area contributed by atoms with Crippen molar-refractivity contribution in [3.8, 4) is 0 Å². The molecule has 0 saturated heterocycles. The highest BCUT2D eigenvalue weighted by atomic mass is 32.2. The van der Waals surface area contributed by atoms with Gasteiger partial charge in [-0.05, 0) is 38.5 Å². The van der Waals surface area contributed by atoms with Crippen LogP contribution in [-0.2, 0) is 9.47 Å². The van der Waals surface area contributed by atoms with Crippen LogP contribution in [0.4, 0.5) is 0 Å². The third-order valence-electron chi connectivity index (χ3n) is 3.08. The molecule has 0 bridgehead atoms. The van der Waals surface area contributed by atoms with E-state index in [1.165, 1.54) is 25.7 Å². The SMILES string of the molecule is COC(C)OCCSC1CCC(C)CC1. The average Bonchev–Trinajstić information content (AvgIpc) is 2.26. The number of methoxy groups -OCH3 is 1. The Hall–Kier alpha value is 0.270. The summed E-state index contributed by atoms with van der Waals surface area (Å²) in [5.41, 5.74) is 0. The molecule has 0 heterocycles. The number of thioether (sulfide) groups is 1. The van der Waals surface area contributed by atoms with Crippen LogP contribution in [0, 0.1) is 5.92 Å². The minimum atomic E-state index is -0.0584. The fourth-order valence-electron chi connectivity index (χ4n) is 1.89. The lowest BCUT2D eigenvalue weighted by molar-refractivity contribution is -0.105. The predicted molar refractivity (Wildman–Crippen MR) is 66.3 cm³/mol. The van der Waals surface area contributed by atoms with Gasteiger partial charge in [-0.25, -0.2) is 0 Å². The molecule has 0 aliphatic heterocycles. The molecule has 0 N–H and O–H groups in total. The van der Waals surface area contributed by atoms with Crippen LogP contribution in [0.15, 0.2) is 0 Å². The Labute approximate surface area is 98.1 Å². The molecule has 1 rings (SSSR count). The van der Waals surface area contributed by atoms with Crippen molar-refractivity contribution in [3.05, 3.63) is 0 Å². The summed E-state index contributed by atoms with van der Waals surface area (Å²) in [6.07, 6.45) is 5.55. The third kappa shape index (κ3) is 5.79. The fourth-order valence-corrected chi connectivity index (χ4v) is 3.02. The Morgan fingerprint density at radius 3 is 2.53 bits per heavy atom. The Morgan fingerprint density at radius 2 is 1.93 bits per heavy atom. The van der Waals surface area contributed by atoms with Crippen molar-refractivity contribution in [2.24, 2.45) is 5.92 Å². The standard InChI is InChI=1S/C12H24O2S/c1-10-4-6-12(7-5-10)15-9-8-14-11(2)13-3/h10-12H,4-9H2,1-3H3. The lowest BCUT2D eigenvalue weighted by atomic mass is 9.91. The molecule has 1 aliphatic carbocycles.